The van der Waals surface area contributed by atoms with Gasteiger partial charge in [0.05, 0.1) is 60.7 Å². The van der Waals surface area contributed by atoms with Gasteiger partial charge in [-0.15, -0.1) is 0 Å². The molecule has 0 saturated heterocycles. The molecule has 0 aromatic heterocycles. The van der Waals surface area contributed by atoms with Gasteiger partial charge in [0.15, 0.2) is 0 Å². The summed E-state index contributed by atoms with van der Waals surface area (Å²) in [7, 11) is 0. The third kappa shape index (κ3) is 39.0. The van der Waals surface area contributed by atoms with Crippen molar-refractivity contribution in [3.63, 3.8) is 0 Å². The molecule has 10 atom stereocenters. The third-order valence-electron chi connectivity index (χ3n) is 17.2. The number of ether oxygens (including phenoxy) is 8. The van der Waals surface area contributed by atoms with Gasteiger partial charge in [-0.25, -0.2) is 0 Å². The van der Waals surface area contributed by atoms with Crippen LogP contribution in [0.3, 0.4) is 0 Å². The molecule has 0 amide bonds. The molecule has 0 spiro atoms. The fraction of sp³-hybridized carbons (Fsp3) is 0.566. The van der Waals surface area contributed by atoms with Crippen LogP contribution in [0.1, 0.15) is 195 Å². The van der Waals surface area contributed by atoms with E-state index >= 15 is 0 Å². The van der Waals surface area contributed by atoms with Crippen molar-refractivity contribution < 1.29 is 97.9 Å². The largest absolute Gasteiger partial charge is 0.491 e. The van der Waals surface area contributed by atoms with Crippen molar-refractivity contribution >= 4 is 29.6 Å². The van der Waals surface area contributed by atoms with Gasteiger partial charge in [-0.1, -0.05) is 162 Å². The van der Waals surface area contributed by atoms with Crippen molar-refractivity contribution in [2.75, 3.05) is 64.4 Å². The summed E-state index contributed by atoms with van der Waals surface area (Å²) in [6, 6.07) is 41.8. The van der Waals surface area contributed by atoms with Crippen molar-refractivity contribution in [1.82, 2.24) is 0 Å². The van der Waals surface area contributed by atoms with Gasteiger partial charge in [-0.2, -0.15) is 0 Å². The van der Waals surface area contributed by atoms with Gasteiger partial charge < -0.3 is 83.6 Å². The number of aliphatic hydroxyl groups excluding tert-OH is 8. The Morgan fingerprint density at radius 2 is 0.673 bits per heavy atom. The summed E-state index contributed by atoms with van der Waals surface area (Å²) in [5.41, 5.74) is 5.63. The van der Waals surface area contributed by atoms with E-state index in [1.807, 2.05) is 176 Å². The molecule has 1 aliphatic rings. The number of aliphatic hydroxyl groups is 8. The van der Waals surface area contributed by atoms with Crippen molar-refractivity contribution in [3.05, 3.63) is 162 Å². The first-order valence-electron chi connectivity index (χ1n) is 37.3. The fourth-order valence-corrected chi connectivity index (χ4v) is 9.53. The maximum Gasteiger partial charge on any atom is 0.310 e. The van der Waals surface area contributed by atoms with Crippen LogP contribution in [-0.2, 0) is 50.0 Å². The van der Waals surface area contributed by atoms with Gasteiger partial charge >= 0.3 is 23.9 Å². The van der Waals surface area contributed by atoms with E-state index in [1.54, 1.807) is 13.8 Å². The van der Waals surface area contributed by atoms with Crippen molar-refractivity contribution in [2.24, 2.45) is 11.8 Å². The predicted molar refractivity (Wildman–Crippen MR) is 406 cm³/mol. The molecule has 6 rings (SSSR count). The van der Waals surface area contributed by atoms with Crippen LogP contribution in [0, 0.1) is 11.8 Å². The lowest BCUT2D eigenvalue weighted by Gasteiger charge is -2.28. The van der Waals surface area contributed by atoms with Crippen LogP contribution in [-0.4, -0.2) is 173 Å². The number of para-hydroxylation sites is 1. The molecule has 5 aromatic carbocycles. The first-order chi connectivity index (χ1) is 49.8. The van der Waals surface area contributed by atoms with E-state index in [2.05, 4.69) is 47.6 Å². The molecule has 104 heavy (non-hydrogen) atoms. The highest BCUT2D eigenvalue weighted by atomic mass is 16.7. The second-order valence-electron chi connectivity index (χ2n) is 26.2. The van der Waals surface area contributed by atoms with E-state index in [-0.39, 0.29) is 49.6 Å². The Balaban J connectivity index is 0.000000451. The smallest absolute Gasteiger partial charge is 0.310 e. The lowest BCUT2D eigenvalue weighted by atomic mass is 9.78. The minimum Gasteiger partial charge on any atom is -0.491 e. The number of anilines is 1. The zero-order chi connectivity index (χ0) is 77.2. The highest BCUT2D eigenvalue weighted by molar-refractivity contribution is 5.83. The number of carbonyl (C=O) groups excluding carboxylic acids is 4. The molecule has 0 heterocycles. The minimum absolute atomic E-state index is 0.0636. The van der Waals surface area contributed by atoms with Crippen LogP contribution in [0.25, 0.3) is 0 Å². The summed E-state index contributed by atoms with van der Waals surface area (Å²) in [5, 5.41) is 76.7. The normalized spacial score (nSPS) is 15.3. The van der Waals surface area contributed by atoms with Gasteiger partial charge in [0.1, 0.15) is 62.6 Å². The van der Waals surface area contributed by atoms with Crippen LogP contribution in [0.4, 0.5) is 5.69 Å². The lowest BCUT2D eigenvalue weighted by Crippen LogP contribution is -2.37. The molecule has 8 N–H and O–H groups in total. The Morgan fingerprint density at radius 1 is 0.385 bits per heavy atom. The highest BCUT2D eigenvalue weighted by Crippen LogP contribution is 2.34. The molecule has 0 aliphatic heterocycles. The number of rotatable bonds is 41. The second kappa shape index (κ2) is 54.1. The minimum atomic E-state index is -0.687. The zero-order valence-corrected chi connectivity index (χ0v) is 63.9. The maximum absolute atomic E-state index is 12.1. The Morgan fingerprint density at radius 3 is 0.962 bits per heavy atom. The summed E-state index contributed by atoms with van der Waals surface area (Å²) < 4.78 is 41.7. The maximum atomic E-state index is 12.1. The van der Waals surface area contributed by atoms with E-state index in [4.69, 9.17) is 28.4 Å². The van der Waals surface area contributed by atoms with E-state index < -0.39 is 60.4 Å². The second-order valence-corrected chi connectivity index (χ2v) is 26.2. The molecule has 0 radical (unpaired) electrons. The molecule has 0 saturated carbocycles. The fourth-order valence-electron chi connectivity index (χ4n) is 9.53. The van der Waals surface area contributed by atoms with E-state index in [9.17, 15) is 60.0 Å². The number of benzene rings is 5. The van der Waals surface area contributed by atoms with Gasteiger partial charge in [0, 0.05) is 37.0 Å². The third-order valence-corrected chi connectivity index (χ3v) is 17.2. The molecular formula is C83H125NO20. The quantitative estimate of drug-likeness (QED) is 0.00780. The molecule has 1 aliphatic carbocycles. The van der Waals surface area contributed by atoms with E-state index in [0.717, 1.165) is 60.8 Å². The topological polar surface area (TPSA) is 307 Å². The van der Waals surface area contributed by atoms with Crippen LogP contribution in [0.15, 0.2) is 140 Å². The average molecular weight is 1460 g/mol. The number of hydrogen-bond donors (Lipinski definition) is 8. The number of esters is 4. The van der Waals surface area contributed by atoms with E-state index in [0.29, 0.717) is 104 Å². The van der Waals surface area contributed by atoms with Crippen LogP contribution in [0.5, 0.6) is 23.0 Å². The summed E-state index contributed by atoms with van der Waals surface area (Å²) >= 11 is 0. The standard InChI is InChI=1S/C23H32O4.C21H28O4.C16H26O6.C14H23NO2.C9H16O4/c1-5-19(24)15-26-21-11-7-17(8-12-21)23(3,4)18-9-13-22(14-10-18)27-16-20(25)6-2;1-3-18(22)14-24-20-9-5-16(6-10-20)13-17-7-11-21(12-8-17)25-15-19(23)4-2;1-3-11(17)9-21-15(19)13-7-5-6-8-14(13)16(20)22-10-12(18)4-2;1-3-13(16)10-15(11-14(17)4-2)12-8-6-5-7-9-12;1-3-5-8(10)12-7-13-9(11)6-4-2/h7-14,19-20,24-25H,5-6,15-16H2,1-4H3;5-12,18-19,22-23H,3-4,13-15H2,1-2H3;5-6,11-14,17-18H,3-4,7-10H2,1-2H3;5-9,13-14,16-17H,3-4,10-11H2,1-2H3;3-7H2,1-2H3. The summed E-state index contributed by atoms with van der Waals surface area (Å²) in [6.45, 7) is 25.4. The molecule has 21 heteroatoms. The predicted octanol–water partition coefficient (Wildman–Crippen LogP) is 12.8. The van der Waals surface area contributed by atoms with Gasteiger partial charge in [-0.3, -0.25) is 19.2 Å². The first kappa shape index (κ1) is 92.5. The summed E-state index contributed by atoms with van der Waals surface area (Å²) in [4.78, 5) is 47.8. The molecule has 0 fully saturated rings. The van der Waals surface area contributed by atoms with Crippen molar-refractivity contribution in [1.29, 1.82) is 0 Å². The monoisotopic (exact) mass is 1460 g/mol. The molecular weight excluding hydrogens is 1330 g/mol. The number of carbonyl (C=O) groups is 4. The summed E-state index contributed by atoms with van der Waals surface area (Å²) in [5.74, 6) is 0.244. The van der Waals surface area contributed by atoms with Gasteiger partial charge in [-0.05, 0) is 166 Å². The Labute approximate surface area is 619 Å². The number of allylic oxidation sites excluding steroid dienone is 2. The van der Waals surface area contributed by atoms with Crippen LogP contribution >= 0.6 is 0 Å². The molecule has 0 bridgehead atoms. The highest BCUT2D eigenvalue weighted by Gasteiger charge is 2.37. The zero-order valence-electron chi connectivity index (χ0n) is 63.9. The molecule has 10 unspecified atom stereocenters. The SMILES string of the molecule is CCC(O)CN(CC(O)CC)c1ccccc1.CCC(O)COC(=O)C1CC=CCC1C(=O)OCC(O)CC.CCC(O)COc1ccc(C(C)(C)c2ccc(OCC(O)CC)cc2)cc1.CCC(O)COc1ccc(Cc2ccc(OCC(O)CC)cc2)cc1.CCCC(=O)OCOC(=O)CCC. The van der Waals surface area contributed by atoms with Crippen LogP contribution in [0.2, 0.25) is 0 Å². The lowest BCUT2D eigenvalue weighted by molar-refractivity contribution is -0.167. The van der Waals surface area contributed by atoms with Crippen molar-refractivity contribution in [2.45, 2.75) is 234 Å². The van der Waals surface area contributed by atoms with Gasteiger partial charge in [0.2, 0.25) is 6.79 Å². The Hall–Kier alpha value is -7.60. The Kier molecular flexibility index (Phi) is 48.1. The number of hydrogen-bond acceptors (Lipinski definition) is 21. The first-order valence-corrected chi connectivity index (χ1v) is 37.3. The Bertz CT molecular complexity index is 2880. The van der Waals surface area contributed by atoms with Crippen molar-refractivity contribution in [3.8, 4) is 23.0 Å². The number of nitrogens with zero attached hydrogens (tertiary/aromatic N) is 1. The molecule has 582 valence electrons. The van der Waals surface area contributed by atoms with Crippen LogP contribution < -0.4 is 23.8 Å². The molecule has 21 nitrogen and oxygen atoms in total. The molecule has 5 aromatic rings. The summed E-state index contributed by atoms with van der Waals surface area (Å²) in [6.07, 6.45) is 8.98. The average Bonchev–Trinajstić information content (AvgIpc) is 0.802. The van der Waals surface area contributed by atoms with E-state index in [1.165, 1.54) is 22.3 Å². The van der Waals surface area contributed by atoms with Gasteiger partial charge in [0.25, 0.3) is 0 Å².